The summed E-state index contributed by atoms with van der Waals surface area (Å²) in [7, 11) is 1.96. The molecular formula is C16H24N4. The highest BCUT2D eigenvalue weighted by atomic mass is 15.4. The van der Waals surface area contributed by atoms with Crippen LogP contribution in [0.4, 0.5) is 17.2 Å². The summed E-state index contributed by atoms with van der Waals surface area (Å²) in [5, 5.41) is 4.56. The van der Waals surface area contributed by atoms with Gasteiger partial charge in [0, 0.05) is 19.3 Å². The van der Waals surface area contributed by atoms with Gasteiger partial charge in [0.2, 0.25) is 0 Å². The summed E-state index contributed by atoms with van der Waals surface area (Å²) in [6, 6.07) is 8.50. The Kier molecular flexibility index (Phi) is 4.32. The van der Waals surface area contributed by atoms with Crippen LogP contribution in [0.2, 0.25) is 0 Å². The Morgan fingerprint density at radius 2 is 1.85 bits per heavy atom. The fourth-order valence-corrected chi connectivity index (χ4v) is 2.51. The molecule has 0 amide bonds. The number of hydrogen-bond donors (Lipinski definition) is 1. The topological polar surface area (TPSA) is 47.1 Å². The van der Waals surface area contributed by atoms with Gasteiger partial charge in [-0.2, -0.15) is 5.10 Å². The molecule has 1 aromatic carbocycles. The van der Waals surface area contributed by atoms with E-state index in [9.17, 15) is 0 Å². The second kappa shape index (κ2) is 5.99. The van der Waals surface area contributed by atoms with Crippen molar-refractivity contribution in [1.82, 2.24) is 9.78 Å². The lowest BCUT2D eigenvalue weighted by atomic mass is 10.2. The van der Waals surface area contributed by atoms with Crippen LogP contribution in [-0.2, 0) is 13.5 Å². The Bertz CT molecular complexity index is 569. The number of rotatable bonds is 5. The standard InChI is InChI=1S/C16H24N4/c1-5-7-14-15(17)16(19(4)18-14)20(6-2)13-10-8-12(3)9-11-13/h8-11H,5-7,17H2,1-4H3. The molecule has 0 fully saturated rings. The van der Waals surface area contributed by atoms with Crippen LogP contribution < -0.4 is 10.6 Å². The highest BCUT2D eigenvalue weighted by molar-refractivity contribution is 5.73. The smallest absolute Gasteiger partial charge is 0.154 e. The van der Waals surface area contributed by atoms with E-state index in [1.165, 1.54) is 5.56 Å². The maximum atomic E-state index is 6.31. The van der Waals surface area contributed by atoms with Gasteiger partial charge in [-0.15, -0.1) is 0 Å². The van der Waals surface area contributed by atoms with Crippen molar-refractivity contribution in [2.75, 3.05) is 17.2 Å². The van der Waals surface area contributed by atoms with Gasteiger partial charge in [-0.25, -0.2) is 0 Å². The molecule has 20 heavy (non-hydrogen) atoms. The molecule has 0 aliphatic carbocycles. The van der Waals surface area contributed by atoms with Gasteiger partial charge in [-0.05, 0) is 32.4 Å². The van der Waals surface area contributed by atoms with E-state index in [2.05, 4.69) is 55.0 Å². The number of aromatic nitrogens is 2. The molecule has 1 aromatic heterocycles. The molecule has 0 saturated carbocycles. The van der Waals surface area contributed by atoms with Crippen molar-refractivity contribution in [1.29, 1.82) is 0 Å². The molecule has 0 aliphatic rings. The molecule has 2 aromatic rings. The summed E-state index contributed by atoms with van der Waals surface area (Å²) in [5.41, 5.74) is 10.5. The van der Waals surface area contributed by atoms with E-state index in [1.54, 1.807) is 0 Å². The Morgan fingerprint density at radius 1 is 1.20 bits per heavy atom. The first-order chi connectivity index (χ1) is 9.58. The van der Waals surface area contributed by atoms with Gasteiger partial charge in [0.05, 0.1) is 11.4 Å². The van der Waals surface area contributed by atoms with Crippen LogP contribution >= 0.6 is 0 Å². The van der Waals surface area contributed by atoms with Crippen LogP contribution in [0, 0.1) is 6.92 Å². The fraction of sp³-hybridized carbons (Fsp3) is 0.438. The first-order valence-corrected chi connectivity index (χ1v) is 7.24. The van der Waals surface area contributed by atoms with Crippen molar-refractivity contribution >= 4 is 17.2 Å². The summed E-state index contributed by atoms with van der Waals surface area (Å²) < 4.78 is 1.89. The summed E-state index contributed by atoms with van der Waals surface area (Å²) in [5.74, 6) is 0.986. The van der Waals surface area contributed by atoms with Crippen LogP contribution in [-0.4, -0.2) is 16.3 Å². The largest absolute Gasteiger partial charge is 0.394 e. The molecule has 0 atom stereocenters. The fourth-order valence-electron chi connectivity index (χ4n) is 2.51. The molecule has 2 N–H and O–H groups in total. The van der Waals surface area contributed by atoms with Gasteiger partial charge in [0.1, 0.15) is 0 Å². The van der Waals surface area contributed by atoms with Crippen LogP contribution in [0.5, 0.6) is 0 Å². The molecule has 0 radical (unpaired) electrons. The highest BCUT2D eigenvalue weighted by Crippen LogP contribution is 2.32. The zero-order valence-corrected chi connectivity index (χ0v) is 12.8. The van der Waals surface area contributed by atoms with E-state index in [0.717, 1.165) is 42.3 Å². The zero-order valence-electron chi connectivity index (χ0n) is 12.8. The molecule has 4 heteroatoms. The van der Waals surface area contributed by atoms with Gasteiger partial charge < -0.3 is 10.6 Å². The van der Waals surface area contributed by atoms with Crippen molar-refractivity contribution in [3.63, 3.8) is 0 Å². The summed E-state index contributed by atoms with van der Waals surface area (Å²) in [6.07, 6.45) is 1.97. The van der Waals surface area contributed by atoms with E-state index >= 15 is 0 Å². The maximum Gasteiger partial charge on any atom is 0.154 e. The zero-order chi connectivity index (χ0) is 14.7. The van der Waals surface area contributed by atoms with Crippen molar-refractivity contribution < 1.29 is 0 Å². The monoisotopic (exact) mass is 272 g/mol. The number of benzene rings is 1. The van der Waals surface area contributed by atoms with Gasteiger partial charge in [-0.3, -0.25) is 4.68 Å². The third kappa shape index (κ3) is 2.64. The number of aryl methyl sites for hydroxylation is 3. The van der Waals surface area contributed by atoms with Crippen LogP contribution in [0.15, 0.2) is 24.3 Å². The third-order valence-corrected chi connectivity index (χ3v) is 3.53. The Morgan fingerprint density at radius 3 is 2.40 bits per heavy atom. The number of nitrogen functional groups attached to an aromatic ring is 1. The Labute approximate surface area is 121 Å². The molecule has 0 spiro atoms. The number of anilines is 3. The van der Waals surface area contributed by atoms with Gasteiger partial charge in [-0.1, -0.05) is 31.0 Å². The molecule has 0 saturated heterocycles. The van der Waals surface area contributed by atoms with Crippen molar-refractivity contribution in [3.05, 3.63) is 35.5 Å². The van der Waals surface area contributed by atoms with Crippen molar-refractivity contribution in [3.8, 4) is 0 Å². The predicted octanol–water partition coefficient (Wildman–Crippen LogP) is 3.42. The summed E-state index contributed by atoms with van der Waals surface area (Å²) >= 11 is 0. The Hall–Kier alpha value is -1.97. The van der Waals surface area contributed by atoms with E-state index in [1.807, 2.05) is 11.7 Å². The first-order valence-electron chi connectivity index (χ1n) is 7.24. The SMILES string of the molecule is CCCc1nn(C)c(N(CC)c2ccc(C)cc2)c1N. The molecule has 0 aliphatic heterocycles. The number of nitrogens with zero attached hydrogens (tertiary/aromatic N) is 3. The lowest BCUT2D eigenvalue weighted by molar-refractivity contribution is 0.723. The Balaban J connectivity index is 2.44. The molecule has 2 rings (SSSR count). The van der Waals surface area contributed by atoms with Gasteiger partial charge in [0.25, 0.3) is 0 Å². The molecular weight excluding hydrogens is 248 g/mol. The minimum Gasteiger partial charge on any atom is -0.394 e. The second-order valence-corrected chi connectivity index (χ2v) is 5.14. The van der Waals surface area contributed by atoms with E-state index in [0.29, 0.717) is 0 Å². The van der Waals surface area contributed by atoms with Crippen LogP contribution in [0.3, 0.4) is 0 Å². The second-order valence-electron chi connectivity index (χ2n) is 5.14. The molecule has 1 heterocycles. The van der Waals surface area contributed by atoms with E-state index in [-0.39, 0.29) is 0 Å². The lowest BCUT2D eigenvalue weighted by Gasteiger charge is -2.23. The molecule has 108 valence electrons. The van der Waals surface area contributed by atoms with Crippen molar-refractivity contribution in [2.45, 2.75) is 33.6 Å². The third-order valence-electron chi connectivity index (χ3n) is 3.53. The average Bonchev–Trinajstić information content (AvgIpc) is 2.70. The highest BCUT2D eigenvalue weighted by Gasteiger charge is 2.19. The van der Waals surface area contributed by atoms with E-state index < -0.39 is 0 Å². The van der Waals surface area contributed by atoms with Gasteiger partial charge in [0.15, 0.2) is 5.82 Å². The average molecular weight is 272 g/mol. The molecule has 0 bridgehead atoms. The molecule has 0 unspecified atom stereocenters. The van der Waals surface area contributed by atoms with Crippen LogP contribution in [0.25, 0.3) is 0 Å². The minimum absolute atomic E-state index is 0.803. The quantitative estimate of drug-likeness (QED) is 0.907. The minimum atomic E-state index is 0.803. The first kappa shape index (κ1) is 14.4. The maximum absolute atomic E-state index is 6.31. The van der Waals surface area contributed by atoms with E-state index in [4.69, 9.17) is 5.73 Å². The summed E-state index contributed by atoms with van der Waals surface area (Å²) in [6.45, 7) is 7.23. The van der Waals surface area contributed by atoms with Crippen LogP contribution in [0.1, 0.15) is 31.5 Å². The normalized spacial score (nSPS) is 10.8. The summed E-state index contributed by atoms with van der Waals surface area (Å²) in [4.78, 5) is 2.21. The predicted molar refractivity (Wildman–Crippen MR) is 85.5 cm³/mol. The number of hydrogen-bond acceptors (Lipinski definition) is 3. The molecule has 4 nitrogen and oxygen atoms in total. The van der Waals surface area contributed by atoms with Crippen molar-refractivity contribution in [2.24, 2.45) is 7.05 Å². The number of nitrogens with two attached hydrogens (primary N) is 1. The van der Waals surface area contributed by atoms with Gasteiger partial charge >= 0.3 is 0 Å². The lowest BCUT2D eigenvalue weighted by Crippen LogP contribution is -2.20.